The minimum Gasteiger partial charge on any atom is -0.469 e. The second-order valence-electron chi connectivity index (χ2n) is 3.48. The summed E-state index contributed by atoms with van der Waals surface area (Å²) in [5.74, 6) is -5.88. The largest absolute Gasteiger partial charge is 0.469 e. The highest BCUT2D eigenvalue weighted by Gasteiger charge is 2.58. The Balaban J connectivity index is 2.25. The Morgan fingerprint density at radius 3 is 2.53 bits per heavy atom. The third-order valence-corrected chi connectivity index (χ3v) is 2.07. The normalized spacial score (nSPS) is 12.9. The van der Waals surface area contributed by atoms with Crippen molar-refractivity contribution in [2.75, 3.05) is 12.3 Å². The van der Waals surface area contributed by atoms with Crippen molar-refractivity contribution in [2.45, 2.75) is 12.1 Å². The first-order chi connectivity index (χ1) is 8.71. The summed E-state index contributed by atoms with van der Waals surface area (Å²) in [5.41, 5.74) is 5.22. The summed E-state index contributed by atoms with van der Waals surface area (Å²) in [6.45, 7) is -1.92. The fraction of sp³-hybridized carbons (Fsp3) is 0.375. The van der Waals surface area contributed by atoms with Crippen molar-refractivity contribution >= 4 is 17.1 Å². The van der Waals surface area contributed by atoms with Crippen molar-refractivity contribution in [3.63, 3.8) is 0 Å². The van der Waals surface area contributed by atoms with E-state index in [4.69, 9.17) is 5.73 Å². The topological polar surface area (TPSA) is 89.7 Å². The molecule has 0 radical (unpaired) electrons. The molecule has 11 heteroatoms. The number of anilines is 1. The van der Waals surface area contributed by atoms with E-state index in [2.05, 4.69) is 24.7 Å². The van der Waals surface area contributed by atoms with Gasteiger partial charge in [0.05, 0.1) is 6.33 Å². The number of aromatic amines is 1. The first-order valence-corrected chi connectivity index (χ1v) is 4.74. The number of imidazole rings is 1. The summed E-state index contributed by atoms with van der Waals surface area (Å²) >= 11 is 0. The van der Waals surface area contributed by atoms with Gasteiger partial charge >= 0.3 is 12.1 Å². The van der Waals surface area contributed by atoms with Gasteiger partial charge in [-0.05, 0) is 0 Å². The Morgan fingerprint density at radius 2 is 1.89 bits per heavy atom. The molecule has 0 aliphatic rings. The maximum absolute atomic E-state index is 12.7. The van der Waals surface area contributed by atoms with Crippen LogP contribution in [0.5, 0.6) is 5.88 Å². The van der Waals surface area contributed by atoms with Gasteiger partial charge in [0.25, 0.3) is 0 Å². The Morgan fingerprint density at radius 1 is 1.21 bits per heavy atom. The molecule has 0 aliphatic heterocycles. The van der Waals surface area contributed by atoms with Crippen molar-refractivity contribution in [1.29, 1.82) is 0 Å². The van der Waals surface area contributed by atoms with Crippen LogP contribution in [0.1, 0.15) is 0 Å². The zero-order chi connectivity index (χ0) is 14.3. The van der Waals surface area contributed by atoms with E-state index < -0.39 is 24.6 Å². The lowest BCUT2D eigenvalue weighted by Crippen LogP contribution is -2.41. The SMILES string of the molecule is Nc1nc(OCC(F)(F)C(F)(F)F)c2[nH]cnc2n1. The average Bonchev–Trinajstić information content (AvgIpc) is 2.72. The van der Waals surface area contributed by atoms with Crippen LogP contribution in [0.2, 0.25) is 0 Å². The van der Waals surface area contributed by atoms with Crippen LogP contribution in [0.15, 0.2) is 6.33 Å². The van der Waals surface area contributed by atoms with Gasteiger partial charge in [0.1, 0.15) is 5.52 Å². The van der Waals surface area contributed by atoms with E-state index in [1.54, 1.807) is 0 Å². The molecule has 0 unspecified atom stereocenters. The summed E-state index contributed by atoms with van der Waals surface area (Å²) < 4.78 is 65.6. The Labute approximate surface area is 101 Å². The van der Waals surface area contributed by atoms with Gasteiger partial charge in [-0.2, -0.15) is 31.9 Å². The van der Waals surface area contributed by atoms with E-state index in [1.807, 2.05) is 0 Å². The number of H-pyrrole nitrogens is 1. The number of hydrogen-bond acceptors (Lipinski definition) is 5. The molecule has 6 nitrogen and oxygen atoms in total. The molecule has 0 atom stereocenters. The second-order valence-corrected chi connectivity index (χ2v) is 3.48. The number of hydrogen-bond donors (Lipinski definition) is 2. The fourth-order valence-corrected chi connectivity index (χ4v) is 1.17. The van der Waals surface area contributed by atoms with Gasteiger partial charge in [-0.1, -0.05) is 0 Å². The minimum atomic E-state index is -5.71. The molecule has 104 valence electrons. The number of nitrogen functional groups attached to an aromatic ring is 1. The molecular weight excluding hydrogens is 277 g/mol. The number of nitrogens with zero attached hydrogens (tertiary/aromatic N) is 3. The lowest BCUT2D eigenvalue weighted by molar-refractivity contribution is -0.290. The molecule has 3 N–H and O–H groups in total. The third-order valence-electron chi connectivity index (χ3n) is 2.07. The maximum atomic E-state index is 12.7. The molecule has 0 bridgehead atoms. The van der Waals surface area contributed by atoms with Crippen LogP contribution in [0.4, 0.5) is 27.9 Å². The van der Waals surface area contributed by atoms with Gasteiger partial charge in [0, 0.05) is 0 Å². The molecule has 0 spiro atoms. The quantitative estimate of drug-likeness (QED) is 0.833. The first kappa shape index (κ1) is 13.2. The highest BCUT2D eigenvalue weighted by Crippen LogP contribution is 2.36. The standard InChI is InChI=1S/C8H6F5N5O/c9-7(10,8(11,12)13)1-19-5-3-4(16-2-15-3)17-6(14)18-5/h2H,1H2,(H3,14,15,16,17,18). The van der Waals surface area contributed by atoms with Crippen molar-refractivity contribution in [3.8, 4) is 5.88 Å². The zero-order valence-corrected chi connectivity index (χ0v) is 9.00. The molecule has 19 heavy (non-hydrogen) atoms. The Kier molecular flexibility index (Phi) is 2.91. The molecule has 0 aromatic carbocycles. The van der Waals surface area contributed by atoms with E-state index in [1.165, 1.54) is 0 Å². The van der Waals surface area contributed by atoms with E-state index in [0.29, 0.717) is 0 Å². The van der Waals surface area contributed by atoms with Crippen LogP contribution in [0, 0.1) is 0 Å². The zero-order valence-electron chi connectivity index (χ0n) is 9.00. The van der Waals surface area contributed by atoms with E-state index in [0.717, 1.165) is 6.33 Å². The van der Waals surface area contributed by atoms with Gasteiger partial charge < -0.3 is 15.5 Å². The van der Waals surface area contributed by atoms with Crippen molar-refractivity contribution < 1.29 is 26.7 Å². The molecule has 2 aromatic rings. The summed E-state index contributed by atoms with van der Waals surface area (Å²) in [4.78, 5) is 13.2. The number of ether oxygens (including phenoxy) is 1. The third kappa shape index (κ3) is 2.48. The molecular formula is C8H6F5N5O. The first-order valence-electron chi connectivity index (χ1n) is 4.74. The number of rotatable bonds is 3. The number of halogens is 5. The van der Waals surface area contributed by atoms with Crippen LogP contribution in [0.25, 0.3) is 11.2 Å². The summed E-state index contributed by atoms with van der Waals surface area (Å²) in [5, 5.41) is 0. The second kappa shape index (κ2) is 4.17. The van der Waals surface area contributed by atoms with E-state index in [9.17, 15) is 22.0 Å². The van der Waals surface area contributed by atoms with E-state index in [-0.39, 0.29) is 17.1 Å². The molecule has 2 heterocycles. The highest BCUT2D eigenvalue weighted by molar-refractivity contribution is 5.76. The molecule has 2 aromatic heterocycles. The highest BCUT2D eigenvalue weighted by atomic mass is 19.4. The van der Waals surface area contributed by atoms with Gasteiger partial charge in [0.15, 0.2) is 12.3 Å². The van der Waals surface area contributed by atoms with Crippen molar-refractivity contribution in [2.24, 2.45) is 0 Å². The van der Waals surface area contributed by atoms with Crippen LogP contribution in [-0.4, -0.2) is 38.6 Å². The molecule has 0 amide bonds. The van der Waals surface area contributed by atoms with Crippen molar-refractivity contribution in [1.82, 2.24) is 19.9 Å². The molecule has 0 fully saturated rings. The van der Waals surface area contributed by atoms with Crippen LogP contribution >= 0.6 is 0 Å². The minimum absolute atomic E-state index is 0.00201. The predicted octanol–water partition coefficient (Wildman–Crippen LogP) is 1.51. The smallest absolute Gasteiger partial charge is 0.456 e. The number of aromatic nitrogens is 4. The number of nitrogens with two attached hydrogens (primary N) is 1. The average molecular weight is 283 g/mol. The van der Waals surface area contributed by atoms with Gasteiger partial charge in [0.2, 0.25) is 11.8 Å². The predicted molar refractivity (Wildman–Crippen MR) is 52.6 cm³/mol. The van der Waals surface area contributed by atoms with Gasteiger partial charge in [-0.3, -0.25) is 0 Å². The summed E-state index contributed by atoms with van der Waals surface area (Å²) in [7, 11) is 0. The van der Waals surface area contributed by atoms with Crippen LogP contribution < -0.4 is 10.5 Å². The van der Waals surface area contributed by atoms with Crippen LogP contribution in [-0.2, 0) is 0 Å². The lowest BCUT2D eigenvalue weighted by atomic mass is 10.3. The summed E-state index contributed by atoms with van der Waals surface area (Å²) in [6.07, 6.45) is -4.56. The van der Waals surface area contributed by atoms with E-state index >= 15 is 0 Å². The lowest BCUT2D eigenvalue weighted by Gasteiger charge is -2.19. The maximum Gasteiger partial charge on any atom is 0.456 e. The van der Waals surface area contributed by atoms with Crippen LogP contribution in [0.3, 0.4) is 0 Å². The molecule has 0 saturated heterocycles. The number of fused-ring (bicyclic) bond motifs is 1. The Hall–Kier alpha value is -2.20. The summed E-state index contributed by atoms with van der Waals surface area (Å²) in [6, 6.07) is 0. The van der Waals surface area contributed by atoms with Crippen molar-refractivity contribution in [3.05, 3.63) is 6.33 Å². The molecule has 2 rings (SSSR count). The number of alkyl halides is 5. The van der Waals surface area contributed by atoms with Gasteiger partial charge in [-0.25, -0.2) is 4.98 Å². The Bertz CT molecular complexity index is 595. The fourth-order valence-electron chi connectivity index (χ4n) is 1.17. The number of nitrogens with one attached hydrogen (secondary N) is 1. The molecule has 0 saturated carbocycles. The molecule has 0 aliphatic carbocycles. The monoisotopic (exact) mass is 283 g/mol. The van der Waals surface area contributed by atoms with Gasteiger partial charge in [-0.15, -0.1) is 0 Å².